The molecule has 4 rings (SSSR count). The molecular weight excluding hydrogens is 356 g/mol. The number of rotatable bonds is 4. The van der Waals surface area contributed by atoms with E-state index < -0.39 is 0 Å². The molecular formula is C21H26N4O3. The van der Waals surface area contributed by atoms with E-state index in [1.54, 1.807) is 19.5 Å². The second-order valence-electron chi connectivity index (χ2n) is 7.69. The predicted octanol–water partition coefficient (Wildman–Crippen LogP) is 2.36. The molecule has 2 aromatic rings. The lowest BCUT2D eigenvalue weighted by Crippen LogP contribution is -2.55. The Hall–Kier alpha value is -2.67. The number of nitrogens with zero attached hydrogens (tertiary/aromatic N) is 2. The van der Waals surface area contributed by atoms with Gasteiger partial charge in [0.15, 0.2) is 0 Å². The van der Waals surface area contributed by atoms with Gasteiger partial charge in [-0.2, -0.15) is 0 Å². The second-order valence-corrected chi connectivity index (χ2v) is 7.69. The zero-order chi connectivity index (χ0) is 19.7. The Kier molecular flexibility index (Phi) is 4.93. The van der Waals surface area contributed by atoms with Gasteiger partial charge in [-0.15, -0.1) is 0 Å². The summed E-state index contributed by atoms with van der Waals surface area (Å²) in [7, 11) is 1.73. The number of carbonyl (C=O) groups is 2. The van der Waals surface area contributed by atoms with Gasteiger partial charge in [-0.05, 0) is 31.7 Å². The monoisotopic (exact) mass is 382 g/mol. The molecule has 148 valence electrons. The first-order valence-electron chi connectivity index (χ1n) is 9.76. The molecule has 1 saturated carbocycles. The van der Waals surface area contributed by atoms with Gasteiger partial charge in [-0.25, -0.2) is 4.98 Å². The third kappa shape index (κ3) is 3.20. The SMILES string of the molecule is CO[C@@]12CC[C@@H](NC(C)=O)C[C@@H]1N(C(=O)c1ccccc1-c1ncc[nH]1)CC2. The van der Waals surface area contributed by atoms with Crippen LogP contribution in [0.4, 0.5) is 0 Å². The highest BCUT2D eigenvalue weighted by atomic mass is 16.5. The minimum Gasteiger partial charge on any atom is -0.376 e. The van der Waals surface area contributed by atoms with Gasteiger partial charge in [0.1, 0.15) is 5.82 Å². The van der Waals surface area contributed by atoms with Crippen LogP contribution in [0.25, 0.3) is 11.4 Å². The molecule has 1 aromatic heterocycles. The van der Waals surface area contributed by atoms with E-state index in [1.807, 2.05) is 29.2 Å². The minimum atomic E-state index is -0.329. The first kappa shape index (κ1) is 18.7. The van der Waals surface area contributed by atoms with Gasteiger partial charge in [-0.3, -0.25) is 9.59 Å². The molecule has 0 radical (unpaired) electrons. The standard InChI is InChI=1S/C21H26N4O3/c1-14(26)24-15-7-8-21(28-2)9-12-25(18(21)13-15)20(27)17-6-4-3-5-16(17)19-22-10-11-23-19/h3-6,10-11,15,18H,7-9,12-13H2,1-2H3,(H,22,23)(H,24,26)/t15-,18+,21-/m1/s1. The van der Waals surface area contributed by atoms with Gasteiger partial charge in [0.25, 0.3) is 5.91 Å². The molecule has 28 heavy (non-hydrogen) atoms. The Morgan fingerprint density at radius 2 is 2.14 bits per heavy atom. The summed E-state index contributed by atoms with van der Waals surface area (Å²) in [4.78, 5) is 34.4. The van der Waals surface area contributed by atoms with E-state index in [1.165, 1.54) is 6.92 Å². The van der Waals surface area contributed by atoms with Gasteiger partial charge in [0.05, 0.1) is 17.2 Å². The van der Waals surface area contributed by atoms with Crippen LogP contribution in [-0.2, 0) is 9.53 Å². The van der Waals surface area contributed by atoms with Crippen LogP contribution in [0.2, 0.25) is 0 Å². The van der Waals surface area contributed by atoms with Gasteiger partial charge >= 0.3 is 0 Å². The Bertz CT molecular complexity index is 866. The zero-order valence-corrected chi connectivity index (χ0v) is 16.3. The molecule has 2 fully saturated rings. The molecule has 0 bridgehead atoms. The molecule has 2 heterocycles. The van der Waals surface area contributed by atoms with Crippen molar-refractivity contribution in [2.45, 2.75) is 50.3 Å². The summed E-state index contributed by atoms with van der Waals surface area (Å²) in [5.41, 5.74) is 1.09. The normalized spacial score (nSPS) is 26.7. The zero-order valence-electron chi connectivity index (χ0n) is 16.3. The van der Waals surface area contributed by atoms with Gasteiger partial charge in [0, 0.05) is 44.6 Å². The van der Waals surface area contributed by atoms with Crippen LogP contribution in [0.3, 0.4) is 0 Å². The highest BCUT2D eigenvalue weighted by Gasteiger charge is 2.52. The summed E-state index contributed by atoms with van der Waals surface area (Å²) >= 11 is 0. The maximum Gasteiger partial charge on any atom is 0.254 e. The molecule has 1 aromatic carbocycles. The fraction of sp³-hybridized carbons (Fsp3) is 0.476. The van der Waals surface area contributed by atoms with Crippen molar-refractivity contribution in [1.82, 2.24) is 20.2 Å². The van der Waals surface area contributed by atoms with Crippen molar-refractivity contribution in [2.75, 3.05) is 13.7 Å². The van der Waals surface area contributed by atoms with Crippen LogP contribution in [-0.4, -0.2) is 58.0 Å². The van der Waals surface area contributed by atoms with E-state index in [4.69, 9.17) is 4.74 Å². The Balaban J connectivity index is 1.64. The first-order chi connectivity index (χ1) is 13.5. The van der Waals surface area contributed by atoms with Crippen LogP contribution in [0.5, 0.6) is 0 Å². The molecule has 7 nitrogen and oxygen atoms in total. The molecule has 7 heteroatoms. The number of aromatic amines is 1. The van der Waals surface area contributed by atoms with Crippen LogP contribution in [0, 0.1) is 0 Å². The highest BCUT2D eigenvalue weighted by Crippen LogP contribution is 2.43. The summed E-state index contributed by atoms with van der Waals surface area (Å²) in [6.07, 6.45) is 6.67. The number of hydrogen-bond acceptors (Lipinski definition) is 4. The number of hydrogen-bond donors (Lipinski definition) is 2. The fourth-order valence-corrected chi connectivity index (χ4v) is 4.80. The van der Waals surface area contributed by atoms with E-state index in [0.717, 1.165) is 24.8 Å². The molecule has 1 aliphatic heterocycles. The smallest absolute Gasteiger partial charge is 0.254 e. The first-order valence-corrected chi connectivity index (χ1v) is 9.76. The number of carbonyl (C=O) groups excluding carboxylic acids is 2. The van der Waals surface area contributed by atoms with Crippen molar-refractivity contribution in [3.63, 3.8) is 0 Å². The van der Waals surface area contributed by atoms with Gasteiger partial charge in [0.2, 0.25) is 5.91 Å². The number of aromatic nitrogens is 2. The lowest BCUT2D eigenvalue weighted by Gasteiger charge is -2.43. The molecule has 1 aliphatic carbocycles. The lowest BCUT2D eigenvalue weighted by molar-refractivity contribution is -0.121. The third-order valence-corrected chi connectivity index (χ3v) is 6.17. The lowest BCUT2D eigenvalue weighted by atomic mass is 9.78. The summed E-state index contributed by atoms with van der Waals surface area (Å²) in [6, 6.07) is 7.55. The molecule has 0 unspecified atom stereocenters. The van der Waals surface area contributed by atoms with Gasteiger partial charge in [-0.1, -0.05) is 18.2 Å². The average Bonchev–Trinajstić information content (AvgIpc) is 3.35. The highest BCUT2D eigenvalue weighted by molar-refractivity contribution is 6.00. The number of imidazole rings is 1. The summed E-state index contributed by atoms with van der Waals surface area (Å²) in [5, 5.41) is 3.02. The van der Waals surface area contributed by atoms with Crippen molar-refractivity contribution < 1.29 is 14.3 Å². The van der Waals surface area contributed by atoms with Crippen LogP contribution >= 0.6 is 0 Å². The number of benzene rings is 1. The van der Waals surface area contributed by atoms with Crippen LogP contribution < -0.4 is 5.32 Å². The van der Waals surface area contributed by atoms with Crippen molar-refractivity contribution in [3.8, 4) is 11.4 Å². The van der Waals surface area contributed by atoms with E-state index in [2.05, 4.69) is 15.3 Å². The molecule has 0 spiro atoms. The summed E-state index contributed by atoms with van der Waals surface area (Å²) in [6.45, 7) is 2.19. The summed E-state index contributed by atoms with van der Waals surface area (Å²) < 4.78 is 5.95. The van der Waals surface area contributed by atoms with E-state index in [0.29, 0.717) is 24.4 Å². The number of H-pyrrole nitrogens is 1. The quantitative estimate of drug-likeness (QED) is 0.850. The van der Waals surface area contributed by atoms with Crippen molar-refractivity contribution in [3.05, 3.63) is 42.2 Å². The minimum absolute atomic E-state index is 0.0144. The maximum absolute atomic E-state index is 13.5. The molecule has 2 aliphatic rings. The molecule has 2 N–H and O–H groups in total. The van der Waals surface area contributed by atoms with Gasteiger partial charge < -0.3 is 19.9 Å². The third-order valence-electron chi connectivity index (χ3n) is 6.17. The Labute approximate surface area is 164 Å². The maximum atomic E-state index is 13.5. The number of amides is 2. The topological polar surface area (TPSA) is 87.3 Å². The number of likely N-dealkylation sites (tertiary alicyclic amines) is 1. The Morgan fingerprint density at radius 3 is 2.86 bits per heavy atom. The fourth-order valence-electron chi connectivity index (χ4n) is 4.80. The summed E-state index contributed by atoms with van der Waals surface area (Å²) in [5.74, 6) is 0.634. The second kappa shape index (κ2) is 7.39. The van der Waals surface area contributed by atoms with Crippen LogP contribution in [0.15, 0.2) is 36.7 Å². The predicted molar refractivity (Wildman–Crippen MR) is 105 cm³/mol. The molecule has 1 saturated heterocycles. The van der Waals surface area contributed by atoms with Crippen molar-refractivity contribution in [1.29, 1.82) is 0 Å². The number of methoxy groups -OCH3 is 1. The largest absolute Gasteiger partial charge is 0.376 e. The number of fused-ring (bicyclic) bond motifs is 1. The van der Waals surface area contributed by atoms with E-state index >= 15 is 0 Å². The Morgan fingerprint density at radius 1 is 1.32 bits per heavy atom. The van der Waals surface area contributed by atoms with Crippen molar-refractivity contribution in [2.24, 2.45) is 0 Å². The molecule has 3 atom stereocenters. The number of ether oxygens (including phenoxy) is 1. The average molecular weight is 382 g/mol. The van der Waals surface area contributed by atoms with Crippen LogP contribution in [0.1, 0.15) is 43.0 Å². The van der Waals surface area contributed by atoms with E-state index in [9.17, 15) is 9.59 Å². The number of nitrogens with one attached hydrogen (secondary N) is 2. The van der Waals surface area contributed by atoms with E-state index in [-0.39, 0.29) is 29.5 Å². The molecule has 2 amide bonds. The van der Waals surface area contributed by atoms with Crippen molar-refractivity contribution >= 4 is 11.8 Å².